The average Bonchev–Trinajstić information content (AvgIpc) is 3.05. The van der Waals surface area contributed by atoms with Crippen molar-refractivity contribution in [2.75, 3.05) is 74.5 Å². The molecule has 2 aliphatic rings. The van der Waals surface area contributed by atoms with Gasteiger partial charge in [0.25, 0.3) is 0 Å². The minimum absolute atomic E-state index is 0.801. The Morgan fingerprint density at radius 3 is 1.19 bits per heavy atom. The van der Waals surface area contributed by atoms with E-state index >= 15 is 0 Å². The highest BCUT2D eigenvalue weighted by Gasteiger charge is 2.20. The minimum atomic E-state index is 0.801. The zero-order valence-corrected chi connectivity index (χ0v) is 21.0. The monoisotopic (exact) mass is 376 g/mol. The van der Waals surface area contributed by atoms with Gasteiger partial charge in [-0.3, -0.25) is 0 Å². The van der Waals surface area contributed by atoms with Crippen molar-refractivity contribution in [1.29, 1.82) is 0 Å². The summed E-state index contributed by atoms with van der Waals surface area (Å²) in [5.41, 5.74) is 0. The van der Waals surface area contributed by atoms with Gasteiger partial charge in [0.1, 0.15) is 0 Å². The van der Waals surface area contributed by atoms with Crippen LogP contribution in [-0.2, 0) is 0 Å². The molecule has 1 atom stereocenters. The van der Waals surface area contributed by atoms with E-state index in [1.165, 1.54) is 52.1 Å². The van der Waals surface area contributed by atoms with Gasteiger partial charge in [0.2, 0.25) is 0 Å². The molecular formula is C22H56N4. The summed E-state index contributed by atoms with van der Waals surface area (Å²) < 4.78 is 0. The van der Waals surface area contributed by atoms with Gasteiger partial charge in [0, 0.05) is 25.7 Å². The minimum Gasteiger partial charge on any atom is -0.305 e. The first-order chi connectivity index (χ1) is 12.5. The Hall–Kier alpha value is -0.160. The van der Waals surface area contributed by atoms with Gasteiger partial charge >= 0.3 is 0 Å². The second kappa shape index (κ2) is 27.1. The van der Waals surface area contributed by atoms with Crippen molar-refractivity contribution < 1.29 is 0 Å². The first-order valence-electron chi connectivity index (χ1n) is 11.2. The molecule has 0 bridgehead atoms. The third-order valence-electron chi connectivity index (χ3n) is 4.04. The molecule has 164 valence electrons. The first kappa shape index (κ1) is 33.4. The van der Waals surface area contributed by atoms with Crippen molar-refractivity contribution >= 4 is 0 Å². The molecule has 0 aliphatic carbocycles. The fourth-order valence-corrected chi connectivity index (χ4v) is 2.51. The molecule has 4 heteroatoms. The second-order valence-corrected chi connectivity index (χ2v) is 6.13. The molecule has 0 spiro atoms. The molecule has 2 rings (SSSR count). The molecule has 0 N–H and O–H groups in total. The van der Waals surface area contributed by atoms with Gasteiger partial charge in [0.15, 0.2) is 0 Å². The zero-order valence-electron chi connectivity index (χ0n) is 21.0. The maximum Gasteiger partial charge on any atom is 0.0229 e. The average molecular weight is 377 g/mol. The lowest BCUT2D eigenvalue weighted by atomic mass is 10.2. The Balaban J connectivity index is -0.000000135. The third kappa shape index (κ3) is 21.9. The third-order valence-corrected chi connectivity index (χ3v) is 4.04. The lowest BCUT2D eigenvalue weighted by Crippen LogP contribution is -2.30. The molecule has 0 aromatic rings. The number of likely N-dealkylation sites (tertiary alicyclic amines) is 1. The van der Waals surface area contributed by atoms with Gasteiger partial charge in [-0.1, -0.05) is 55.4 Å². The molecule has 2 heterocycles. The predicted molar refractivity (Wildman–Crippen MR) is 125 cm³/mol. The van der Waals surface area contributed by atoms with Crippen LogP contribution >= 0.6 is 0 Å². The summed E-state index contributed by atoms with van der Waals surface area (Å²) in [5.74, 6) is 0. The zero-order chi connectivity index (χ0) is 21.5. The molecule has 26 heavy (non-hydrogen) atoms. The Bertz CT molecular complexity index is 212. The summed E-state index contributed by atoms with van der Waals surface area (Å²) in [6.07, 6.45) is 2.66. The van der Waals surface area contributed by atoms with E-state index in [0.717, 1.165) is 6.04 Å². The molecule has 4 nitrogen and oxygen atoms in total. The summed E-state index contributed by atoms with van der Waals surface area (Å²) in [6.45, 7) is 23.5. The Kier molecular flexibility index (Phi) is 34.8. The molecule has 2 fully saturated rings. The van der Waals surface area contributed by atoms with Crippen molar-refractivity contribution in [3.8, 4) is 0 Å². The van der Waals surface area contributed by atoms with E-state index < -0.39 is 0 Å². The normalized spacial score (nSPS) is 20.3. The van der Waals surface area contributed by atoms with Crippen LogP contribution in [0.5, 0.6) is 0 Å². The van der Waals surface area contributed by atoms with E-state index in [1.807, 2.05) is 55.4 Å². The Morgan fingerprint density at radius 2 is 0.962 bits per heavy atom. The van der Waals surface area contributed by atoms with Gasteiger partial charge in [-0.2, -0.15) is 0 Å². The number of likely N-dealkylation sites (N-methyl/N-ethyl adjacent to an activating group) is 4. The van der Waals surface area contributed by atoms with Crippen LogP contribution in [-0.4, -0.2) is 100 Å². The van der Waals surface area contributed by atoms with Crippen molar-refractivity contribution in [2.45, 2.75) is 74.3 Å². The van der Waals surface area contributed by atoms with Gasteiger partial charge in [0.05, 0.1) is 0 Å². The van der Waals surface area contributed by atoms with Crippen LogP contribution in [0, 0.1) is 0 Å². The van der Waals surface area contributed by atoms with Crippen LogP contribution in [0.15, 0.2) is 0 Å². The van der Waals surface area contributed by atoms with Crippen molar-refractivity contribution in [3.63, 3.8) is 0 Å². The lowest BCUT2D eigenvalue weighted by Gasteiger charge is -2.17. The number of hydrogen-bond acceptors (Lipinski definition) is 4. The van der Waals surface area contributed by atoms with Crippen molar-refractivity contribution in [2.24, 2.45) is 0 Å². The lowest BCUT2D eigenvalue weighted by molar-refractivity contribution is 0.288. The van der Waals surface area contributed by atoms with Crippen LogP contribution < -0.4 is 0 Å². The van der Waals surface area contributed by atoms with Crippen LogP contribution in [0.25, 0.3) is 0 Å². The number of rotatable bonds is 1. The van der Waals surface area contributed by atoms with E-state index in [-0.39, 0.29) is 0 Å². The van der Waals surface area contributed by atoms with Crippen LogP contribution in [0.4, 0.5) is 0 Å². The second-order valence-electron chi connectivity index (χ2n) is 6.13. The van der Waals surface area contributed by atoms with E-state index in [0.29, 0.717) is 0 Å². The molecular weight excluding hydrogens is 320 g/mol. The maximum atomic E-state index is 2.39. The molecule has 2 aliphatic heterocycles. The molecule has 0 saturated carbocycles. The first-order valence-corrected chi connectivity index (χ1v) is 11.2. The van der Waals surface area contributed by atoms with Gasteiger partial charge in [-0.25, -0.2) is 0 Å². The molecule has 0 radical (unpaired) electrons. The quantitative estimate of drug-likeness (QED) is 0.662. The summed E-state index contributed by atoms with van der Waals surface area (Å²) in [6, 6.07) is 0.801. The van der Waals surface area contributed by atoms with Crippen LogP contribution in [0.2, 0.25) is 0 Å². The van der Waals surface area contributed by atoms with Crippen LogP contribution in [0.1, 0.15) is 68.2 Å². The summed E-state index contributed by atoms with van der Waals surface area (Å²) in [5, 5.41) is 0. The Morgan fingerprint density at radius 1 is 0.577 bits per heavy atom. The fourth-order valence-electron chi connectivity index (χ4n) is 2.51. The van der Waals surface area contributed by atoms with Crippen molar-refractivity contribution in [3.05, 3.63) is 0 Å². The van der Waals surface area contributed by atoms with E-state index in [1.54, 1.807) is 0 Å². The molecule has 1 unspecified atom stereocenters. The van der Waals surface area contributed by atoms with Gasteiger partial charge in [-0.15, -0.1) is 0 Å². The van der Waals surface area contributed by atoms with Crippen molar-refractivity contribution in [1.82, 2.24) is 19.6 Å². The smallest absolute Gasteiger partial charge is 0.0229 e. The molecule has 0 amide bonds. The Labute approximate surface area is 168 Å². The fraction of sp³-hybridized carbons (Fsp3) is 1.00. The highest BCUT2D eigenvalue weighted by atomic mass is 15.2. The van der Waals surface area contributed by atoms with Crippen LogP contribution in [0.3, 0.4) is 0 Å². The SMILES string of the molecule is CC.CC.CC.CC.CN1CCC(N(C)C)C1.CN1CCCN(C)CC1. The highest BCUT2D eigenvalue weighted by molar-refractivity contribution is 4.77. The number of nitrogens with zero attached hydrogens (tertiary/aromatic N) is 4. The summed E-state index contributed by atoms with van der Waals surface area (Å²) >= 11 is 0. The summed E-state index contributed by atoms with van der Waals surface area (Å²) in [7, 11) is 10.9. The number of hydrogen-bond donors (Lipinski definition) is 0. The topological polar surface area (TPSA) is 13.0 Å². The molecule has 0 aromatic heterocycles. The van der Waals surface area contributed by atoms with E-state index in [4.69, 9.17) is 0 Å². The van der Waals surface area contributed by atoms with E-state index in [9.17, 15) is 0 Å². The largest absolute Gasteiger partial charge is 0.305 e. The van der Waals surface area contributed by atoms with E-state index in [2.05, 4.69) is 54.8 Å². The predicted octanol–water partition coefficient (Wildman–Crippen LogP) is 4.61. The maximum absolute atomic E-state index is 2.39. The van der Waals surface area contributed by atoms with Gasteiger partial charge in [-0.05, 0) is 67.7 Å². The standard InChI is InChI=1S/2C7H16N2.4C2H6/c1-8(2)7-4-5-9(3)6-7;1-8-4-3-5-9(2)7-6-8;4*1-2/h7H,4-6H2,1-3H3;3-7H2,1-2H3;4*1-2H3. The van der Waals surface area contributed by atoms with Gasteiger partial charge < -0.3 is 19.6 Å². The highest BCUT2D eigenvalue weighted by Crippen LogP contribution is 2.09. The molecule has 2 saturated heterocycles. The summed E-state index contributed by atoms with van der Waals surface area (Å²) in [4.78, 5) is 9.47. The molecule has 0 aromatic carbocycles.